The number of alkyl halides is 1. The lowest BCUT2D eigenvalue weighted by atomic mass is 9.93. The molecule has 1 fully saturated rings. The first-order valence-electron chi connectivity index (χ1n) is 9.03. The summed E-state index contributed by atoms with van der Waals surface area (Å²) >= 11 is 0. The van der Waals surface area contributed by atoms with E-state index in [4.69, 9.17) is 17.6 Å². The van der Waals surface area contributed by atoms with E-state index in [-0.39, 0.29) is 13.0 Å². The number of benzene rings is 2. The number of rotatable bonds is 1. The van der Waals surface area contributed by atoms with Crippen molar-refractivity contribution >= 4 is 41.2 Å². The van der Waals surface area contributed by atoms with Gasteiger partial charge in [-0.3, -0.25) is 4.90 Å². The van der Waals surface area contributed by atoms with E-state index >= 15 is 0 Å². The average molecular weight is 365 g/mol. The number of H-pyrrole nitrogens is 1. The Kier molecular flexibility index (Phi) is 4.13. The molecule has 1 N–H and O–H groups in total. The number of likely N-dealkylation sites (tertiary alicyclic amines) is 1. The molecule has 3 aromatic rings. The number of nitrogens with one attached hydrogen (secondary N) is 1. The quantitative estimate of drug-likeness (QED) is 0.672. The number of nitrogens with zero attached hydrogens (tertiary/aromatic N) is 2. The highest BCUT2D eigenvalue weighted by Gasteiger charge is 2.40. The van der Waals surface area contributed by atoms with Crippen LogP contribution in [0.2, 0.25) is 0 Å². The van der Waals surface area contributed by atoms with Gasteiger partial charge in [-0.25, -0.2) is 14.2 Å². The van der Waals surface area contributed by atoms with Crippen LogP contribution in [-0.2, 0) is 4.74 Å². The number of imidazole rings is 1. The number of aromatic nitrogens is 2. The Morgan fingerprint density at radius 1 is 1.33 bits per heavy atom. The smallest absolute Gasteiger partial charge is 0.411 e. The summed E-state index contributed by atoms with van der Waals surface area (Å²) in [6.45, 7) is 5.39. The molecule has 2 aromatic carbocycles. The van der Waals surface area contributed by atoms with Gasteiger partial charge in [-0.05, 0) is 32.2 Å². The average Bonchev–Trinajstić information content (AvgIpc) is 3.16. The van der Waals surface area contributed by atoms with Crippen LogP contribution in [0.5, 0.6) is 0 Å². The van der Waals surface area contributed by atoms with Crippen molar-refractivity contribution in [1.82, 2.24) is 14.9 Å². The third kappa shape index (κ3) is 3.38. The summed E-state index contributed by atoms with van der Waals surface area (Å²) in [5.74, 6) is 0.570. The lowest BCUT2D eigenvalue weighted by Gasteiger charge is -2.27. The highest BCUT2D eigenvalue weighted by Crippen LogP contribution is 2.35. The van der Waals surface area contributed by atoms with Crippen molar-refractivity contribution in [2.45, 2.75) is 45.0 Å². The molecular weight excluding hydrogens is 344 g/mol. The summed E-state index contributed by atoms with van der Waals surface area (Å²) in [6.07, 6.45) is -1.43. The lowest BCUT2D eigenvalue weighted by molar-refractivity contribution is 0.0211. The first-order chi connectivity index (χ1) is 12.7. The van der Waals surface area contributed by atoms with Crippen molar-refractivity contribution in [2.24, 2.45) is 0 Å². The molecule has 0 spiro atoms. The number of hydrogen-bond acceptors (Lipinski definition) is 3. The van der Waals surface area contributed by atoms with Crippen LogP contribution in [0.15, 0.2) is 30.3 Å². The Balaban J connectivity index is 1.73. The van der Waals surface area contributed by atoms with E-state index in [1.54, 1.807) is 20.8 Å². The molecule has 4 rings (SSSR count). The van der Waals surface area contributed by atoms with E-state index in [2.05, 4.69) is 4.98 Å². The topological polar surface area (TPSA) is 58.2 Å². The van der Waals surface area contributed by atoms with Crippen LogP contribution in [-0.4, -0.2) is 47.1 Å². The first-order valence-corrected chi connectivity index (χ1v) is 9.03. The Morgan fingerprint density at radius 3 is 2.85 bits per heavy atom. The van der Waals surface area contributed by atoms with Gasteiger partial charge in [0.15, 0.2) is 0 Å². The predicted octanol–water partition coefficient (Wildman–Crippen LogP) is 3.53. The molecule has 1 amide bonds. The van der Waals surface area contributed by atoms with Crippen LogP contribution in [0.3, 0.4) is 0 Å². The van der Waals surface area contributed by atoms with Gasteiger partial charge in [0.2, 0.25) is 0 Å². The number of halogens is 1. The molecule has 138 valence electrons. The third-order valence-electron chi connectivity index (χ3n) is 4.70. The summed E-state index contributed by atoms with van der Waals surface area (Å²) in [5, 5.41) is 1.95. The highest BCUT2D eigenvalue weighted by molar-refractivity contribution is 6.33. The molecule has 7 heteroatoms. The maximum absolute atomic E-state index is 14.2. The maximum atomic E-state index is 14.2. The Bertz CT molecular complexity index is 1030. The second-order valence-corrected chi connectivity index (χ2v) is 8.05. The largest absolute Gasteiger partial charge is 0.444 e. The molecule has 1 aliphatic rings. The van der Waals surface area contributed by atoms with Crippen molar-refractivity contribution in [1.29, 1.82) is 0 Å². The minimum atomic E-state index is -1.10. The molecule has 5 nitrogen and oxygen atoms in total. The fourth-order valence-corrected chi connectivity index (χ4v) is 3.56. The Morgan fingerprint density at radius 2 is 2.11 bits per heavy atom. The maximum Gasteiger partial charge on any atom is 0.411 e. The summed E-state index contributed by atoms with van der Waals surface area (Å²) in [5.41, 5.74) is 1.67. The van der Waals surface area contributed by atoms with E-state index in [1.807, 2.05) is 30.3 Å². The molecule has 2 radical (unpaired) electrons. The number of aromatic amines is 1. The van der Waals surface area contributed by atoms with Gasteiger partial charge >= 0.3 is 6.09 Å². The second-order valence-electron chi connectivity index (χ2n) is 8.05. The van der Waals surface area contributed by atoms with E-state index in [1.165, 1.54) is 4.90 Å². The molecule has 27 heavy (non-hydrogen) atoms. The van der Waals surface area contributed by atoms with Crippen molar-refractivity contribution < 1.29 is 13.9 Å². The van der Waals surface area contributed by atoms with Gasteiger partial charge in [-0.1, -0.05) is 29.7 Å². The van der Waals surface area contributed by atoms with Crippen molar-refractivity contribution in [3.05, 3.63) is 36.2 Å². The molecule has 0 unspecified atom stereocenters. The molecule has 2 atom stereocenters. The van der Waals surface area contributed by atoms with Crippen LogP contribution < -0.4 is 5.46 Å². The zero-order valence-corrected chi connectivity index (χ0v) is 15.6. The summed E-state index contributed by atoms with van der Waals surface area (Å²) in [4.78, 5) is 21.9. The third-order valence-corrected chi connectivity index (χ3v) is 4.70. The fourth-order valence-electron chi connectivity index (χ4n) is 3.56. The minimum Gasteiger partial charge on any atom is -0.444 e. The minimum absolute atomic E-state index is 0.00784. The van der Waals surface area contributed by atoms with Gasteiger partial charge in [0.25, 0.3) is 0 Å². The van der Waals surface area contributed by atoms with E-state index in [0.717, 1.165) is 21.8 Å². The zero-order chi connectivity index (χ0) is 19.3. The standard InChI is InChI=1S/C20H21BFN3O2/c1-20(2,3)27-19(26)25-10-13(22)9-16(25)18-23-15-7-4-11-8-12(21)5-6-14(11)17(15)24-18/h4-8,13,16H,9-10H2,1-3H3,(H,23,24)/t13-,16+/m1/s1. The van der Waals surface area contributed by atoms with Gasteiger partial charge < -0.3 is 9.72 Å². The normalized spacial score (nSPS) is 20.5. The molecule has 2 heterocycles. The van der Waals surface area contributed by atoms with Crippen LogP contribution >= 0.6 is 0 Å². The van der Waals surface area contributed by atoms with Gasteiger partial charge in [0, 0.05) is 11.8 Å². The number of hydrogen-bond donors (Lipinski definition) is 1. The van der Waals surface area contributed by atoms with Gasteiger partial charge in [-0.15, -0.1) is 0 Å². The molecule has 0 bridgehead atoms. The van der Waals surface area contributed by atoms with Crippen LogP contribution in [0, 0.1) is 0 Å². The highest BCUT2D eigenvalue weighted by atomic mass is 19.1. The SMILES string of the molecule is [B]c1ccc2c(ccc3[nH]c([C@@H]4C[C@@H](F)CN4C(=O)OC(C)(C)C)nc32)c1. The van der Waals surface area contributed by atoms with Gasteiger partial charge in [0.05, 0.1) is 23.6 Å². The zero-order valence-electron chi connectivity index (χ0n) is 15.6. The second kappa shape index (κ2) is 6.25. The van der Waals surface area contributed by atoms with Gasteiger partial charge in [-0.2, -0.15) is 0 Å². The van der Waals surface area contributed by atoms with E-state index < -0.39 is 23.9 Å². The number of amides is 1. The number of carbonyl (C=O) groups is 1. The number of carbonyl (C=O) groups excluding carboxylic acids is 1. The van der Waals surface area contributed by atoms with Crippen molar-refractivity contribution in [3.8, 4) is 0 Å². The van der Waals surface area contributed by atoms with Crippen molar-refractivity contribution in [2.75, 3.05) is 6.54 Å². The van der Waals surface area contributed by atoms with E-state index in [9.17, 15) is 9.18 Å². The summed E-state index contributed by atoms with van der Waals surface area (Å²) in [6, 6.07) is 9.06. The molecule has 1 aliphatic heterocycles. The van der Waals surface area contributed by atoms with Crippen LogP contribution in [0.25, 0.3) is 21.8 Å². The van der Waals surface area contributed by atoms with Gasteiger partial charge in [0.1, 0.15) is 25.4 Å². The number of fused-ring (bicyclic) bond motifs is 3. The lowest BCUT2D eigenvalue weighted by Crippen LogP contribution is -2.37. The van der Waals surface area contributed by atoms with E-state index in [0.29, 0.717) is 11.3 Å². The van der Waals surface area contributed by atoms with Crippen LogP contribution in [0.4, 0.5) is 9.18 Å². The number of ether oxygens (including phenoxy) is 1. The summed E-state index contributed by atoms with van der Waals surface area (Å²) in [7, 11) is 5.86. The fraction of sp³-hybridized carbons (Fsp3) is 0.400. The summed E-state index contributed by atoms with van der Waals surface area (Å²) < 4.78 is 19.6. The Labute approximate surface area is 158 Å². The molecule has 0 saturated carbocycles. The monoisotopic (exact) mass is 365 g/mol. The molecule has 1 aromatic heterocycles. The van der Waals surface area contributed by atoms with Crippen LogP contribution in [0.1, 0.15) is 39.1 Å². The molecule has 0 aliphatic carbocycles. The Hall–Kier alpha value is -2.57. The predicted molar refractivity (Wildman–Crippen MR) is 104 cm³/mol. The first kappa shape index (κ1) is 17.8. The molecule has 1 saturated heterocycles. The van der Waals surface area contributed by atoms with Crippen molar-refractivity contribution in [3.63, 3.8) is 0 Å². The molecular formula is C20H21BFN3O2.